The molecule has 1 aliphatic rings. The Bertz CT molecular complexity index is 1010. The molecule has 1 fully saturated rings. The fourth-order valence-electron chi connectivity index (χ4n) is 3.73. The van der Waals surface area contributed by atoms with E-state index in [9.17, 15) is 9.90 Å². The quantitative estimate of drug-likeness (QED) is 0.364. The van der Waals surface area contributed by atoms with E-state index >= 15 is 0 Å². The molecule has 140 valence electrons. The van der Waals surface area contributed by atoms with Crippen LogP contribution in [0.2, 0.25) is 5.02 Å². The number of phenolic OH excluding ortho intramolecular Hbond substituents is 1. The number of aromatic nitrogens is 3. The highest BCUT2D eigenvalue weighted by molar-refractivity contribution is 6.31. The van der Waals surface area contributed by atoms with E-state index in [1.54, 1.807) is 30.3 Å². The minimum atomic E-state index is -0.423. The summed E-state index contributed by atoms with van der Waals surface area (Å²) < 4.78 is 0. The second-order valence-electron chi connectivity index (χ2n) is 6.86. The Morgan fingerprint density at radius 3 is 2.63 bits per heavy atom. The summed E-state index contributed by atoms with van der Waals surface area (Å²) in [4.78, 5) is 13.5. The molecule has 3 aromatic rings. The van der Waals surface area contributed by atoms with Gasteiger partial charge < -0.3 is 5.11 Å². The Hall–Kier alpha value is -2.64. The molecule has 2 aromatic carbocycles. The Morgan fingerprint density at radius 2 is 1.89 bits per heavy atom. The monoisotopic (exact) mass is 385 g/mol. The van der Waals surface area contributed by atoms with Crippen LogP contribution in [0.5, 0.6) is 5.75 Å². The van der Waals surface area contributed by atoms with Crippen LogP contribution in [0.4, 0.5) is 0 Å². The predicted molar refractivity (Wildman–Crippen MR) is 103 cm³/mol. The van der Waals surface area contributed by atoms with E-state index in [0.717, 1.165) is 31.2 Å². The molecule has 1 aliphatic carbocycles. The van der Waals surface area contributed by atoms with E-state index < -0.39 is 5.91 Å². The molecule has 8 heteroatoms. The van der Waals surface area contributed by atoms with Crippen molar-refractivity contribution in [2.24, 2.45) is 5.84 Å². The first kappa shape index (κ1) is 17.8. The minimum Gasteiger partial charge on any atom is -0.505 e. The van der Waals surface area contributed by atoms with Crippen molar-refractivity contribution in [3.05, 3.63) is 46.5 Å². The van der Waals surface area contributed by atoms with Gasteiger partial charge in [-0.05, 0) is 49.1 Å². The van der Waals surface area contributed by atoms with Gasteiger partial charge in [0, 0.05) is 16.1 Å². The zero-order valence-corrected chi connectivity index (χ0v) is 15.4. The molecule has 1 heterocycles. The van der Waals surface area contributed by atoms with Crippen LogP contribution in [0, 0.1) is 0 Å². The number of phenols is 1. The van der Waals surface area contributed by atoms with Crippen LogP contribution >= 0.6 is 11.6 Å². The molecule has 1 amide bonds. The highest BCUT2D eigenvalue weighted by atomic mass is 35.5. The average Bonchev–Trinajstić information content (AvgIpc) is 3.11. The van der Waals surface area contributed by atoms with Crippen molar-refractivity contribution < 1.29 is 9.90 Å². The van der Waals surface area contributed by atoms with E-state index in [0.29, 0.717) is 27.3 Å². The first-order valence-electron chi connectivity index (χ1n) is 8.97. The van der Waals surface area contributed by atoms with E-state index in [-0.39, 0.29) is 11.7 Å². The van der Waals surface area contributed by atoms with Gasteiger partial charge in [0.15, 0.2) is 0 Å². The van der Waals surface area contributed by atoms with Crippen molar-refractivity contribution in [3.63, 3.8) is 0 Å². The summed E-state index contributed by atoms with van der Waals surface area (Å²) in [5.41, 5.74) is 4.86. The van der Waals surface area contributed by atoms with Crippen LogP contribution in [0.1, 0.15) is 53.9 Å². The lowest BCUT2D eigenvalue weighted by Crippen LogP contribution is -2.30. The summed E-state index contributed by atoms with van der Waals surface area (Å²) in [7, 11) is 0. The van der Waals surface area contributed by atoms with Gasteiger partial charge in [0.05, 0.1) is 0 Å². The number of aromatic hydroxyl groups is 1. The van der Waals surface area contributed by atoms with Crippen LogP contribution in [0.15, 0.2) is 30.3 Å². The van der Waals surface area contributed by atoms with Crippen molar-refractivity contribution >= 4 is 28.5 Å². The largest absolute Gasteiger partial charge is 0.505 e. The average molecular weight is 386 g/mol. The van der Waals surface area contributed by atoms with Crippen LogP contribution < -0.4 is 11.3 Å². The Morgan fingerprint density at radius 1 is 1.15 bits per heavy atom. The Balaban J connectivity index is 1.87. The van der Waals surface area contributed by atoms with E-state index in [4.69, 9.17) is 17.4 Å². The summed E-state index contributed by atoms with van der Waals surface area (Å²) in [6, 6.07) is 8.46. The molecule has 4 rings (SSSR count). The maximum Gasteiger partial charge on any atom is 0.265 e. The SMILES string of the molecule is NNC(=O)c1cc(C2CCCCC2)c(O)c(-n2nc3ccc(Cl)cc3n2)c1. The van der Waals surface area contributed by atoms with E-state index in [1.165, 1.54) is 11.2 Å². The van der Waals surface area contributed by atoms with Crippen molar-refractivity contribution in [3.8, 4) is 11.4 Å². The molecule has 4 N–H and O–H groups in total. The third kappa shape index (κ3) is 3.36. The van der Waals surface area contributed by atoms with Gasteiger partial charge in [-0.2, -0.15) is 0 Å². The molecule has 7 nitrogen and oxygen atoms in total. The number of halogens is 1. The number of carbonyl (C=O) groups is 1. The van der Waals surface area contributed by atoms with Gasteiger partial charge in [-0.25, -0.2) is 5.84 Å². The molecule has 0 aliphatic heterocycles. The number of benzene rings is 2. The lowest BCUT2D eigenvalue weighted by Gasteiger charge is -2.24. The molecular weight excluding hydrogens is 366 g/mol. The smallest absolute Gasteiger partial charge is 0.265 e. The second kappa shape index (κ2) is 7.17. The first-order valence-corrected chi connectivity index (χ1v) is 9.35. The molecule has 0 radical (unpaired) electrons. The van der Waals surface area contributed by atoms with Gasteiger partial charge in [-0.3, -0.25) is 10.2 Å². The molecule has 0 atom stereocenters. The number of rotatable bonds is 3. The molecule has 1 saturated carbocycles. The van der Waals surface area contributed by atoms with Gasteiger partial charge in [-0.1, -0.05) is 30.9 Å². The van der Waals surface area contributed by atoms with Crippen molar-refractivity contribution in [1.29, 1.82) is 0 Å². The third-order valence-corrected chi connectivity index (χ3v) is 5.35. The normalized spacial score (nSPS) is 15.2. The van der Waals surface area contributed by atoms with Crippen LogP contribution in [-0.4, -0.2) is 26.0 Å². The Kier molecular flexibility index (Phi) is 4.72. The van der Waals surface area contributed by atoms with E-state index in [1.807, 2.05) is 0 Å². The molecule has 0 spiro atoms. The summed E-state index contributed by atoms with van der Waals surface area (Å²) in [6.45, 7) is 0. The molecular formula is C19H20ClN5O2. The number of nitrogen functional groups attached to an aromatic ring is 1. The molecule has 0 saturated heterocycles. The number of nitrogens with zero attached hydrogens (tertiary/aromatic N) is 3. The summed E-state index contributed by atoms with van der Waals surface area (Å²) in [6.07, 6.45) is 5.36. The number of carbonyl (C=O) groups excluding carboxylic acids is 1. The maximum atomic E-state index is 12.2. The van der Waals surface area contributed by atoms with Crippen molar-refractivity contribution in [1.82, 2.24) is 20.4 Å². The Labute approximate surface area is 161 Å². The number of nitrogens with two attached hydrogens (primary N) is 1. The number of nitrogens with one attached hydrogen (secondary N) is 1. The van der Waals surface area contributed by atoms with Crippen molar-refractivity contribution in [2.75, 3.05) is 0 Å². The van der Waals surface area contributed by atoms with E-state index in [2.05, 4.69) is 15.6 Å². The molecule has 1 aromatic heterocycles. The van der Waals surface area contributed by atoms with Gasteiger partial charge in [0.2, 0.25) is 0 Å². The molecule has 0 unspecified atom stereocenters. The highest BCUT2D eigenvalue weighted by Gasteiger charge is 2.24. The molecule has 0 bridgehead atoms. The van der Waals surface area contributed by atoms with Gasteiger partial charge in [0.25, 0.3) is 5.91 Å². The first-order chi connectivity index (χ1) is 13.1. The minimum absolute atomic E-state index is 0.0990. The zero-order chi connectivity index (χ0) is 19.0. The van der Waals surface area contributed by atoms with Crippen LogP contribution in [0.3, 0.4) is 0 Å². The summed E-state index contributed by atoms with van der Waals surface area (Å²) in [5.74, 6) is 5.20. The van der Waals surface area contributed by atoms with Gasteiger partial charge in [-0.15, -0.1) is 15.0 Å². The fourth-order valence-corrected chi connectivity index (χ4v) is 3.89. The predicted octanol–water partition coefficient (Wildman–Crippen LogP) is 3.43. The highest BCUT2D eigenvalue weighted by Crippen LogP contribution is 2.40. The van der Waals surface area contributed by atoms with Gasteiger partial charge >= 0.3 is 0 Å². The number of hydrogen-bond donors (Lipinski definition) is 3. The van der Waals surface area contributed by atoms with Crippen LogP contribution in [0.25, 0.3) is 16.7 Å². The van der Waals surface area contributed by atoms with Crippen molar-refractivity contribution in [2.45, 2.75) is 38.0 Å². The van der Waals surface area contributed by atoms with Gasteiger partial charge in [0.1, 0.15) is 22.5 Å². The number of hydrogen-bond acceptors (Lipinski definition) is 5. The number of hydrazine groups is 1. The topological polar surface area (TPSA) is 106 Å². The fraction of sp³-hybridized carbons (Fsp3) is 0.316. The van der Waals surface area contributed by atoms with Crippen LogP contribution in [-0.2, 0) is 0 Å². The zero-order valence-electron chi connectivity index (χ0n) is 14.7. The standard InChI is InChI=1S/C19H20ClN5O2/c20-13-6-7-15-16(10-13)24-25(23-15)17-9-12(19(27)22-21)8-14(18(17)26)11-4-2-1-3-5-11/h6-11,26H,1-5,21H2,(H,22,27). The summed E-state index contributed by atoms with van der Waals surface area (Å²) in [5, 5.41) is 20.4. The summed E-state index contributed by atoms with van der Waals surface area (Å²) >= 11 is 6.02. The second-order valence-corrected chi connectivity index (χ2v) is 7.30. The third-order valence-electron chi connectivity index (χ3n) is 5.12. The molecule has 27 heavy (non-hydrogen) atoms. The lowest BCUT2D eigenvalue weighted by atomic mass is 9.83. The number of amides is 1. The number of fused-ring (bicyclic) bond motifs is 1. The lowest BCUT2D eigenvalue weighted by molar-refractivity contribution is 0.0953. The maximum absolute atomic E-state index is 12.2.